The number of hydrogen-bond acceptors (Lipinski definition) is 2. The lowest BCUT2D eigenvalue weighted by Crippen LogP contribution is -2.39. The minimum Gasteiger partial charge on any atom is -0.324 e. The van der Waals surface area contributed by atoms with Crippen molar-refractivity contribution in [3.8, 4) is 0 Å². The highest BCUT2D eigenvalue weighted by Crippen LogP contribution is 2.05. The van der Waals surface area contributed by atoms with E-state index >= 15 is 0 Å². The molecule has 15 heavy (non-hydrogen) atoms. The van der Waals surface area contributed by atoms with Gasteiger partial charge < -0.3 is 5.32 Å². The molecule has 4 heteroatoms. The Morgan fingerprint density at radius 3 is 1.47 bits per heavy atom. The van der Waals surface area contributed by atoms with Gasteiger partial charge in [0.15, 0.2) is 0 Å². The SMILES string of the molecule is CC1(C)NC(=O)NC1=O.c1ccccc1. The number of imide groups is 1. The van der Waals surface area contributed by atoms with E-state index in [1.807, 2.05) is 36.4 Å². The van der Waals surface area contributed by atoms with Gasteiger partial charge in [0.2, 0.25) is 0 Å². The Balaban J connectivity index is 0.000000162. The fourth-order valence-corrected chi connectivity index (χ4v) is 1.02. The van der Waals surface area contributed by atoms with Gasteiger partial charge in [-0.3, -0.25) is 10.1 Å². The predicted molar refractivity (Wildman–Crippen MR) is 57.2 cm³/mol. The zero-order valence-electron chi connectivity index (χ0n) is 8.78. The first-order valence-electron chi connectivity index (χ1n) is 4.66. The summed E-state index contributed by atoms with van der Waals surface area (Å²) < 4.78 is 0. The Hall–Kier alpha value is -1.84. The average molecular weight is 206 g/mol. The van der Waals surface area contributed by atoms with Crippen LogP contribution >= 0.6 is 0 Å². The van der Waals surface area contributed by atoms with Crippen LogP contribution < -0.4 is 10.6 Å². The molecule has 0 saturated carbocycles. The molecule has 0 unspecified atom stereocenters. The van der Waals surface area contributed by atoms with E-state index in [1.54, 1.807) is 13.8 Å². The zero-order chi connectivity index (χ0) is 11.3. The highest BCUT2D eigenvalue weighted by molar-refractivity contribution is 6.06. The molecule has 0 spiro atoms. The number of carbonyl (C=O) groups excluding carboxylic acids is 2. The number of nitrogens with one attached hydrogen (secondary N) is 2. The molecule has 4 nitrogen and oxygen atoms in total. The highest BCUT2D eigenvalue weighted by Gasteiger charge is 2.36. The molecule has 0 bridgehead atoms. The molecule has 1 aliphatic heterocycles. The largest absolute Gasteiger partial charge is 0.324 e. The maximum absolute atomic E-state index is 10.7. The third-order valence-electron chi connectivity index (χ3n) is 1.89. The zero-order valence-corrected chi connectivity index (χ0v) is 8.78. The van der Waals surface area contributed by atoms with Gasteiger partial charge in [-0.25, -0.2) is 4.79 Å². The Kier molecular flexibility index (Phi) is 3.44. The fraction of sp³-hybridized carbons (Fsp3) is 0.273. The molecule has 1 fully saturated rings. The van der Waals surface area contributed by atoms with E-state index in [4.69, 9.17) is 0 Å². The number of amides is 3. The minimum absolute atomic E-state index is 0.271. The normalized spacial score (nSPS) is 17.2. The fourth-order valence-electron chi connectivity index (χ4n) is 1.02. The van der Waals surface area contributed by atoms with Crippen molar-refractivity contribution in [1.82, 2.24) is 10.6 Å². The minimum atomic E-state index is -0.725. The first kappa shape index (κ1) is 11.2. The summed E-state index contributed by atoms with van der Waals surface area (Å²) in [4.78, 5) is 21.1. The molecule has 80 valence electrons. The van der Waals surface area contributed by atoms with E-state index in [2.05, 4.69) is 10.6 Å². The van der Waals surface area contributed by atoms with Crippen molar-refractivity contribution in [1.29, 1.82) is 0 Å². The van der Waals surface area contributed by atoms with E-state index < -0.39 is 11.6 Å². The van der Waals surface area contributed by atoms with Gasteiger partial charge in [-0.2, -0.15) is 0 Å². The summed E-state index contributed by atoms with van der Waals surface area (Å²) >= 11 is 0. The number of hydrogen-bond donors (Lipinski definition) is 2. The van der Waals surface area contributed by atoms with Crippen LogP contribution in [0.25, 0.3) is 0 Å². The van der Waals surface area contributed by atoms with Gasteiger partial charge in [-0.15, -0.1) is 0 Å². The molecule has 0 aliphatic carbocycles. The summed E-state index contributed by atoms with van der Waals surface area (Å²) in [6.45, 7) is 3.29. The van der Waals surface area contributed by atoms with Crippen LogP contribution in [-0.2, 0) is 4.79 Å². The standard InChI is InChI=1S/C6H6.C5H8N2O2/c1-2-4-6-5-3-1;1-5(2)3(8)6-4(9)7-5/h1-6H;1-2H3,(H2,6,7,8,9). The molecule has 1 saturated heterocycles. The van der Waals surface area contributed by atoms with Crippen LogP contribution in [0.3, 0.4) is 0 Å². The first-order valence-corrected chi connectivity index (χ1v) is 4.66. The van der Waals surface area contributed by atoms with Crippen LogP contribution in [0, 0.1) is 0 Å². The molecule has 2 rings (SSSR count). The molecule has 1 aromatic rings. The van der Waals surface area contributed by atoms with Crippen LogP contribution in [0.2, 0.25) is 0 Å². The summed E-state index contributed by atoms with van der Waals surface area (Å²) in [5.41, 5.74) is -0.725. The van der Waals surface area contributed by atoms with E-state index in [1.165, 1.54) is 0 Å². The Bertz CT molecular complexity index is 320. The quantitative estimate of drug-likeness (QED) is 0.628. The lowest BCUT2D eigenvalue weighted by atomic mass is 10.1. The van der Waals surface area contributed by atoms with Gasteiger partial charge in [-0.05, 0) is 13.8 Å². The summed E-state index contributed by atoms with van der Waals surface area (Å²) in [7, 11) is 0. The molecule has 1 aromatic carbocycles. The van der Waals surface area contributed by atoms with E-state index in [9.17, 15) is 9.59 Å². The number of benzene rings is 1. The summed E-state index contributed by atoms with van der Waals surface area (Å²) in [6.07, 6.45) is 0. The molecular weight excluding hydrogens is 192 g/mol. The number of rotatable bonds is 0. The van der Waals surface area contributed by atoms with Crippen LogP contribution in [0.4, 0.5) is 4.79 Å². The molecule has 1 aliphatic rings. The van der Waals surface area contributed by atoms with Crippen molar-refractivity contribution in [3.05, 3.63) is 36.4 Å². The van der Waals surface area contributed by atoms with Gasteiger partial charge in [0.1, 0.15) is 5.54 Å². The predicted octanol–water partition coefficient (Wildman–Crippen LogP) is 1.29. The van der Waals surface area contributed by atoms with Gasteiger partial charge >= 0.3 is 6.03 Å². The monoisotopic (exact) mass is 206 g/mol. The Morgan fingerprint density at radius 1 is 0.933 bits per heavy atom. The average Bonchev–Trinajstić information content (AvgIpc) is 2.42. The Labute approximate surface area is 88.7 Å². The van der Waals surface area contributed by atoms with E-state index in [0.717, 1.165) is 0 Å². The smallest absolute Gasteiger partial charge is 0.322 e. The number of urea groups is 1. The van der Waals surface area contributed by atoms with Crippen molar-refractivity contribution >= 4 is 11.9 Å². The van der Waals surface area contributed by atoms with Crippen LogP contribution in [-0.4, -0.2) is 17.5 Å². The molecular formula is C11H14N2O2. The highest BCUT2D eigenvalue weighted by atomic mass is 16.2. The first-order chi connectivity index (χ1) is 7.02. The second kappa shape index (κ2) is 4.59. The van der Waals surface area contributed by atoms with Gasteiger partial charge in [-0.1, -0.05) is 36.4 Å². The molecule has 0 aromatic heterocycles. The van der Waals surface area contributed by atoms with Crippen LogP contribution in [0.1, 0.15) is 13.8 Å². The van der Waals surface area contributed by atoms with Crippen molar-refractivity contribution < 1.29 is 9.59 Å². The third-order valence-corrected chi connectivity index (χ3v) is 1.89. The maximum Gasteiger partial charge on any atom is 0.322 e. The van der Waals surface area contributed by atoms with Crippen molar-refractivity contribution in [2.24, 2.45) is 0 Å². The molecule has 0 atom stereocenters. The molecule has 2 N–H and O–H groups in total. The third kappa shape index (κ3) is 3.42. The lowest BCUT2D eigenvalue weighted by molar-refractivity contribution is -0.122. The van der Waals surface area contributed by atoms with Crippen molar-refractivity contribution in [3.63, 3.8) is 0 Å². The maximum atomic E-state index is 10.7. The summed E-state index contributed by atoms with van der Waals surface area (Å²) in [5.74, 6) is -0.271. The summed E-state index contributed by atoms with van der Waals surface area (Å²) in [6, 6.07) is 11.6. The second-order valence-corrected chi connectivity index (χ2v) is 3.69. The van der Waals surface area contributed by atoms with E-state index in [0.29, 0.717) is 0 Å². The second-order valence-electron chi connectivity index (χ2n) is 3.69. The Morgan fingerprint density at radius 2 is 1.33 bits per heavy atom. The van der Waals surface area contributed by atoms with E-state index in [-0.39, 0.29) is 5.91 Å². The molecule has 3 amide bonds. The summed E-state index contributed by atoms with van der Waals surface area (Å²) in [5, 5.41) is 4.56. The number of carbonyl (C=O) groups is 2. The van der Waals surface area contributed by atoms with Crippen LogP contribution in [0.15, 0.2) is 36.4 Å². The van der Waals surface area contributed by atoms with Gasteiger partial charge in [0.25, 0.3) is 5.91 Å². The van der Waals surface area contributed by atoms with Crippen LogP contribution in [0.5, 0.6) is 0 Å². The van der Waals surface area contributed by atoms with Crippen molar-refractivity contribution in [2.45, 2.75) is 19.4 Å². The van der Waals surface area contributed by atoms with Gasteiger partial charge in [0, 0.05) is 0 Å². The molecule has 1 heterocycles. The topological polar surface area (TPSA) is 58.2 Å². The lowest BCUT2D eigenvalue weighted by Gasteiger charge is -2.11. The molecule has 0 radical (unpaired) electrons. The van der Waals surface area contributed by atoms with Crippen molar-refractivity contribution in [2.75, 3.05) is 0 Å². The van der Waals surface area contributed by atoms with Gasteiger partial charge in [0.05, 0.1) is 0 Å².